The maximum atomic E-state index is 11.6. The first-order valence-corrected chi connectivity index (χ1v) is 12.9. The van der Waals surface area contributed by atoms with Crippen LogP contribution in [0, 0.1) is 40.4 Å². The molecule has 0 aromatic carbocycles. The van der Waals surface area contributed by atoms with Crippen molar-refractivity contribution in [2.24, 2.45) is 40.4 Å². The largest absolute Gasteiger partial charge is 0.393 e. The van der Waals surface area contributed by atoms with Gasteiger partial charge in [0.1, 0.15) is 11.7 Å². The molecule has 3 fully saturated rings. The summed E-state index contributed by atoms with van der Waals surface area (Å²) in [6.45, 7) is 15.9. The Bertz CT molecular complexity index is 741. The number of hydrogen-bond acceptors (Lipinski definition) is 3. The van der Waals surface area contributed by atoms with Crippen LogP contribution >= 0.6 is 0 Å². The van der Waals surface area contributed by atoms with E-state index in [2.05, 4.69) is 41.2 Å². The molecular weight excluding hydrogens is 384 g/mol. The Morgan fingerprint density at radius 1 is 1.06 bits per heavy atom. The van der Waals surface area contributed by atoms with E-state index >= 15 is 0 Å². The third-order valence-corrected chi connectivity index (χ3v) is 10.8. The molecule has 176 valence electrons. The topological polar surface area (TPSA) is 60.7 Å². The third-order valence-electron chi connectivity index (χ3n) is 10.8. The summed E-state index contributed by atoms with van der Waals surface area (Å²) in [5.41, 5.74) is 1.57. The minimum Gasteiger partial charge on any atom is -0.393 e. The highest BCUT2D eigenvalue weighted by Crippen LogP contribution is 2.67. The molecule has 0 aliphatic heterocycles. The second-order valence-electron chi connectivity index (χ2n) is 12.5. The van der Waals surface area contributed by atoms with Crippen LogP contribution < -0.4 is 0 Å². The number of fused-ring (bicyclic) bond motifs is 5. The standard InChI is InChI=1S/C28H46O3/c1-17(2)18(3)7-8-19(4)22-9-10-23-21-15-25(30)28(31)16-20(29)11-14-27(28,6)24(21)12-13-26(22,23)5/h15,17,19-20,22-25,29-31H,3,7-14,16H2,1-2,4-6H3/t19-,20?,22-,23+,24+,25?,26-,27-,28?/m1/s1. The Morgan fingerprint density at radius 2 is 1.77 bits per heavy atom. The first-order chi connectivity index (χ1) is 14.4. The van der Waals surface area contributed by atoms with E-state index in [9.17, 15) is 15.3 Å². The highest BCUT2D eigenvalue weighted by molar-refractivity contribution is 5.33. The van der Waals surface area contributed by atoms with Gasteiger partial charge in [-0.25, -0.2) is 0 Å². The van der Waals surface area contributed by atoms with Gasteiger partial charge in [0.15, 0.2) is 0 Å². The van der Waals surface area contributed by atoms with Gasteiger partial charge in [-0.1, -0.05) is 58.4 Å². The summed E-state index contributed by atoms with van der Waals surface area (Å²) in [6.07, 6.45) is 9.64. The van der Waals surface area contributed by atoms with Gasteiger partial charge in [-0.05, 0) is 86.4 Å². The molecule has 0 saturated heterocycles. The number of aliphatic hydroxyl groups is 3. The monoisotopic (exact) mass is 430 g/mol. The average molecular weight is 431 g/mol. The number of aliphatic hydroxyl groups excluding tert-OH is 2. The number of rotatable bonds is 5. The molecule has 0 bridgehead atoms. The van der Waals surface area contributed by atoms with Gasteiger partial charge in [0.2, 0.25) is 0 Å². The minimum absolute atomic E-state index is 0.292. The second kappa shape index (κ2) is 7.99. The average Bonchev–Trinajstić information content (AvgIpc) is 3.05. The van der Waals surface area contributed by atoms with E-state index in [1.165, 1.54) is 36.8 Å². The van der Waals surface area contributed by atoms with Crippen LogP contribution in [0.3, 0.4) is 0 Å². The molecule has 4 aliphatic carbocycles. The second-order valence-corrected chi connectivity index (χ2v) is 12.5. The van der Waals surface area contributed by atoms with Crippen molar-refractivity contribution in [3.8, 4) is 0 Å². The van der Waals surface area contributed by atoms with E-state index in [1.54, 1.807) is 0 Å². The maximum absolute atomic E-state index is 11.6. The van der Waals surface area contributed by atoms with Crippen LogP contribution in [0.1, 0.15) is 92.4 Å². The van der Waals surface area contributed by atoms with E-state index in [1.807, 2.05) is 6.08 Å². The molecule has 3 heteroatoms. The normalized spacial score (nSPS) is 47.9. The summed E-state index contributed by atoms with van der Waals surface area (Å²) >= 11 is 0. The number of hydrogen-bond donors (Lipinski definition) is 3. The van der Waals surface area contributed by atoms with E-state index in [-0.39, 0.29) is 5.41 Å². The first kappa shape index (κ1) is 23.5. The van der Waals surface area contributed by atoms with Crippen molar-refractivity contribution in [1.29, 1.82) is 0 Å². The molecule has 0 radical (unpaired) electrons. The summed E-state index contributed by atoms with van der Waals surface area (Å²) in [4.78, 5) is 0. The van der Waals surface area contributed by atoms with Crippen molar-refractivity contribution < 1.29 is 15.3 Å². The van der Waals surface area contributed by atoms with Gasteiger partial charge in [-0.2, -0.15) is 0 Å². The minimum atomic E-state index is -1.20. The molecule has 0 aromatic heterocycles. The molecule has 4 aliphatic rings. The maximum Gasteiger partial charge on any atom is 0.102 e. The Hall–Kier alpha value is -0.640. The van der Waals surface area contributed by atoms with E-state index in [4.69, 9.17) is 0 Å². The van der Waals surface area contributed by atoms with Crippen LogP contribution in [0.25, 0.3) is 0 Å². The molecule has 0 spiro atoms. The summed E-state index contributed by atoms with van der Waals surface area (Å²) in [5, 5.41) is 32.9. The molecule has 3 unspecified atom stereocenters. The van der Waals surface area contributed by atoms with Crippen LogP contribution in [-0.2, 0) is 0 Å². The molecule has 4 rings (SSSR count). The third kappa shape index (κ3) is 3.49. The molecule has 31 heavy (non-hydrogen) atoms. The molecule has 0 amide bonds. The quantitative estimate of drug-likeness (QED) is 0.495. The fourth-order valence-electron chi connectivity index (χ4n) is 8.42. The fraction of sp³-hybridized carbons (Fsp3) is 0.857. The van der Waals surface area contributed by atoms with Crippen LogP contribution in [0.4, 0.5) is 0 Å². The summed E-state index contributed by atoms with van der Waals surface area (Å²) < 4.78 is 0. The lowest BCUT2D eigenvalue weighted by Crippen LogP contribution is -2.65. The molecule has 0 aromatic rings. The van der Waals surface area contributed by atoms with Crippen molar-refractivity contribution >= 4 is 0 Å². The summed E-state index contributed by atoms with van der Waals surface area (Å²) in [5.74, 6) is 2.83. The smallest absolute Gasteiger partial charge is 0.102 e. The Balaban J connectivity index is 1.58. The molecule has 3 saturated carbocycles. The van der Waals surface area contributed by atoms with Crippen molar-refractivity contribution in [3.05, 3.63) is 23.8 Å². The fourth-order valence-corrected chi connectivity index (χ4v) is 8.42. The molecular formula is C28H46O3. The van der Waals surface area contributed by atoms with Crippen LogP contribution in [0.5, 0.6) is 0 Å². The molecule has 3 N–H and O–H groups in total. The summed E-state index contributed by atoms with van der Waals surface area (Å²) in [7, 11) is 0. The summed E-state index contributed by atoms with van der Waals surface area (Å²) in [6, 6.07) is 0. The van der Waals surface area contributed by atoms with Gasteiger partial charge >= 0.3 is 0 Å². The predicted octanol–water partition coefficient (Wildman–Crippen LogP) is 5.64. The van der Waals surface area contributed by atoms with Crippen molar-refractivity contribution in [2.45, 2.75) is 110 Å². The van der Waals surface area contributed by atoms with Crippen LogP contribution in [0.15, 0.2) is 23.8 Å². The van der Waals surface area contributed by atoms with E-state index < -0.39 is 17.8 Å². The van der Waals surface area contributed by atoms with Crippen LogP contribution in [0.2, 0.25) is 0 Å². The van der Waals surface area contributed by atoms with Gasteiger partial charge < -0.3 is 15.3 Å². The van der Waals surface area contributed by atoms with Crippen molar-refractivity contribution in [2.75, 3.05) is 0 Å². The van der Waals surface area contributed by atoms with Crippen molar-refractivity contribution in [3.63, 3.8) is 0 Å². The lowest BCUT2D eigenvalue weighted by atomic mass is 9.45. The number of allylic oxidation sites excluding steroid dienone is 2. The van der Waals surface area contributed by atoms with Gasteiger partial charge in [0, 0.05) is 11.8 Å². The highest BCUT2D eigenvalue weighted by Gasteiger charge is 2.64. The predicted molar refractivity (Wildman–Crippen MR) is 126 cm³/mol. The van der Waals surface area contributed by atoms with E-state index in [0.717, 1.165) is 31.6 Å². The van der Waals surface area contributed by atoms with Gasteiger partial charge in [0.25, 0.3) is 0 Å². The zero-order chi connectivity index (χ0) is 22.8. The molecule has 0 heterocycles. The Morgan fingerprint density at radius 3 is 2.45 bits per heavy atom. The highest BCUT2D eigenvalue weighted by atomic mass is 16.3. The lowest BCUT2D eigenvalue weighted by Gasteiger charge is -2.62. The molecule has 3 nitrogen and oxygen atoms in total. The van der Waals surface area contributed by atoms with Crippen molar-refractivity contribution in [1.82, 2.24) is 0 Å². The zero-order valence-electron chi connectivity index (χ0n) is 20.5. The Labute approximate surface area is 190 Å². The van der Waals surface area contributed by atoms with Gasteiger partial charge in [-0.15, -0.1) is 0 Å². The molecule has 9 atom stereocenters. The van der Waals surface area contributed by atoms with Gasteiger partial charge in [-0.3, -0.25) is 0 Å². The SMILES string of the molecule is C=C(CC[C@@H](C)[C@H]1CC[C@H]2C3=CC(O)C4(O)CC(O)CC[C@]4(C)[C@H]3CC[C@]12C)C(C)C. The van der Waals surface area contributed by atoms with E-state index in [0.29, 0.717) is 35.5 Å². The van der Waals surface area contributed by atoms with Gasteiger partial charge in [0.05, 0.1) is 6.10 Å². The zero-order valence-corrected chi connectivity index (χ0v) is 20.5. The first-order valence-electron chi connectivity index (χ1n) is 12.9. The van der Waals surface area contributed by atoms with Crippen LogP contribution in [-0.4, -0.2) is 33.1 Å². The Kier molecular flexibility index (Phi) is 6.06. The lowest BCUT2D eigenvalue weighted by molar-refractivity contribution is -0.210.